The Hall–Kier alpha value is -3.22. The van der Waals surface area contributed by atoms with Gasteiger partial charge in [0.25, 0.3) is 0 Å². The molecule has 166 valence electrons. The summed E-state index contributed by atoms with van der Waals surface area (Å²) in [5.74, 6) is 1.32. The first-order chi connectivity index (χ1) is 15.5. The third-order valence-corrected chi connectivity index (χ3v) is 5.94. The fourth-order valence-electron chi connectivity index (χ4n) is 3.90. The van der Waals surface area contributed by atoms with Crippen molar-refractivity contribution in [2.45, 2.75) is 18.2 Å². The summed E-state index contributed by atoms with van der Waals surface area (Å²) in [6.07, 6.45) is -0.974. The van der Waals surface area contributed by atoms with Gasteiger partial charge in [-0.2, -0.15) is 0 Å². The number of amides is 1. The zero-order chi connectivity index (χ0) is 22.7. The van der Waals surface area contributed by atoms with Crippen LogP contribution in [0.2, 0.25) is 5.02 Å². The molecule has 0 bridgehead atoms. The summed E-state index contributed by atoms with van der Waals surface area (Å²) >= 11 is 5.98. The number of halogens is 1. The number of nitrogens with zero attached hydrogens (tertiary/aromatic N) is 1. The Morgan fingerprint density at radius 2 is 1.50 bits per heavy atom. The van der Waals surface area contributed by atoms with E-state index in [-0.39, 0.29) is 6.54 Å². The average molecular weight is 454 g/mol. The molecule has 1 fully saturated rings. The molecule has 0 aliphatic carbocycles. The topological polar surface area (TPSA) is 68.2 Å². The van der Waals surface area contributed by atoms with Crippen molar-refractivity contribution in [3.63, 3.8) is 0 Å². The van der Waals surface area contributed by atoms with E-state index < -0.39 is 17.9 Å². The van der Waals surface area contributed by atoms with Crippen molar-refractivity contribution >= 4 is 17.7 Å². The van der Waals surface area contributed by atoms with E-state index in [9.17, 15) is 9.90 Å². The first kappa shape index (κ1) is 22.0. The van der Waals surface area contributed by atoms with E-state index in [0.717, 1.165) is 5.56 Å². The molecule has 7 heteroatoms. The maximum absolute atomic E-state index is 12.9. The number of methoxy groups -OCH3 is 2. The summed E-state index contributed by atoms with van der Waals surface area (Å²) in [6, 6.07) is 21.5. The highest BCUT2D eigenvalue weighted by atomic mass is 35.5. The average Bonchev–Trinajstić information content (AvgIpc) is 3.09. The van der Waals surface area contributed by atoms with E-state index in [0.29, 0.717) is 34.1 Å². The first-order valence-corrected chi connectivity index (χ1v) is 10.6. The Kier molecular flexibility index (Phi) is 6.26. The van der Waals surface area contributed by atoms with Gasteiger partial charge < -0.3 is 19.3 Å². The monoisotopic (exact) mass is 453 g/mol. The third-order valence-electron chi connectivity index (χ3n) is 5.69. The van der Waals surface area contributed by atoms with Crippen LogP contribution in [0.5, 0.6) is 11.5 Å². The van der Waals surface area contributed by atoms with E-state index in [1.165, 1.54) is 4.90 Å². The van der Waals surface area contributed by atoms with Crippen LogP contribution in [0.4, 0.5) is 4.79 Å². The minimum Gasteiger partial charge on any atom is -0.497 e. The van der Waals surface area contributed by atoms with E-state index in [4.69, 9.17) is 25.8 Å². The second-order valence-corrected chi connectivity index (χ2v) is 7.96. The van der Waals surface area contributed by atoms with Crippen molar-refractivity contribution in [3.05, 3.63) is 94.5 Å². The van der Waals surface area contributed by atoms with Gasteiger partial charge in [-0.05, 0) is 53.9 Å². The molecule has 3 aromatic carbocycles. The van der Waals surface area contributed by atoms with Gasteiger partial charge in [-0.3, -0.25) is 4.90 Å². The molecule has 6 nitrogen and oxygen atoms in total. The summed E-state index contributed by atoms with van der Waals surface area (Å²) in [7, 11) is 3.15. The molecule has 0 saturated carbocycles. The van der Waals surface area contributed by atoms with Gasteiger partial charge in [-0.25, -0.2) is 4.79 Å². The fraction of sp³-hybridized carbons (Fsp3) is 0.240. The van der Waals surface area contributed by atoms with Gasteiger partial charge in [0.1, 0.15) is 11.5 Å². The minimum atomic E-state index is -1.70. The predicted molar refractivity (Wildman–Crippen MR) is 121 cm³/mol. The smallest absolute Gasteiger partial charge is 0.413 e. The highest BCUT2D eigenvalue weighted by Gasteiger charge is 2.55. The summed E-state index contributed by atoms with van der Waals surface area (Å²) < 4.78 is 16.2. The zero-order valence-electron chi connectivity index (χ0n) is 17.8. The molecule has 0 unspecified atom stereocenters. The Bertz CT molecular complexity index is 1070. The number of aliphatic hydroxyl groups is 1. The van der Waals surface area contributed by atoms with Gasteiger partial charge in [-0.1, -0.05) is 48.0 Å². The number of rotatable bonds is 7. The molecule has 1 aliphatic heterocycles. The number of carbonyl (C=O) groups excluding carboxylic acids is 1. The van der Waals surface area contributed by atoms with Gasteiger partial charge in [-0.15, -0.1) is 0 Å². The number of carbonyl (C=O) groups is 1. The van der Waals surface area contributed by atoms with Gasteiger partial charge in [0, 0.05) is 17.1 Å². The van der Waals surface area contributed by atoms with Crippen LogP contribution in [0, 0.1) is 0 Å². The van der Waals surface area contributed by atoms with Crippen LogP contribution in [0.3, 0.4) is 0 Å². The van der Waals surface area contributed by atoms with Crippen molar-refractivity contribution < 1.29 is 24.1 Å². The van der Waals surface area contributed by atoms with Gasteiger partial charge in [0.2, 0.25) is 5.72 Å². The Morgan fingerprint density at radius 3 is 2.06 bits per heavy atom. The number of cyclic esters (lactones) is 1. The van der Waals surface area contributed by atoms with Crippen LogP contribution in [0.15, 0.2) is 72.8 Å². The van der Waals surface area contributed by atoms with E-state index in [1.807, 2.05) is 12.1 Å². The SMILES string of the molecule is COc1ccc([C@H]2OC(=O)N(CCc3ccc(Cl)cc3)[C@@]2(O)c2ccc(OC)cc2)cc1. The normalized spacial score (nSPS) is 20.2. The van der Waals surface area contributed by atoms with Gasteiger partial charge in [0.05, 0.1) is 14.2 Å². The van der Waals surface area contributed by atoms with Crippen LogP contribution in [0.1, 0.15) is 22.8 Å². The molecular weight excluding hydrogens is 430 g/mol. The lowest BCUT2D eigenvalue weighted by Crippen LogP contribution is -2.46. The van der Waals surface area contributed by atoms with Crippen molar-refractivity contribution in [1.29, 1.82) is 0 Å². The lowest BCUT2D eigenvalue weighted by Gasteiger charge is -2.35. The van der Waals surface area contributed by atoms with E-state index >= 15 is 0 Å². The second kappa shape index (κ2) is 9.10. The highest BCUT2D eigenvalue weighted by molar-refractivity contribution is 6.30. The Balaban J connectivity index is 1.70. The molecule has 2 atom stereocenters. The minimum absolute atomic E-state index is 0.260. The van der Waals surface area contributed by atoms with E-state index in [2.05, 4.69) is 0 Å². The Morgan fingerprint density at radius 1 is 0.938 bits per heavy atom. The van der Waals surface area contributed by atoms with Gasteiger partial charge >= 0.3 is 6.09 Å². The number of hydrogen-bond donors (Lipinski definition) is 1. The quantitative estimate of drug-likeness (QED) is 0.549. The number of ether oxygens (including phenoxy) is 3. The highest BCUT2D eigenvalue weighted by Crippen LogP contribution is 2.47. The fourth-order valence-corrected chi connectivity index (χ4v) is 4.03. The molecule has 0 aromatic heterocycles. The van der Waals surface area contributed by atoms with Crippen LogP contribution >= 0.6 is 11.6 Å². The van der Waals surface area contributed by atoms with Crippen LogP contribution in [-0.4, -0.2) is 36.9 Å². The molecule has 3 aromatic rings. The lowest BCUT2D eigenvalue weighted by atomic mass is 9.91. The van der Waals surface area contributed by atoms with Crippen LogP contribution in [-0.2, 0) is 16.9 Å². The van der Waals surface area contributed by atoms with Crippen LogP contribution < -0.4 is 9.47 Å². The molecule has 1 saturated heterocycles. The van der Waals surface area contributed by atoms with Crippen LogP contribution in [0.25, 0.3) is 0 Å². The van der Waals surface area contributed by atoms with Crippen molar-refractivity contribution in [1.82, 2.24) is 4.90 Å². The summed E-state index contributed by atoms with van der Waals surface area (Å²) in [5, 5.41) is 12.6. The molecular formula is C25H24ClNO5. The maximum Gasteiger partial charge on any atom is 0.413 e. The molecule has 1 N–H and O–H groups in total. The van der Waals surface area contributed by atoms with E-state index in [1.54, 1.807) is 74.9 Å². The first-order valence-electron chi connectivity index (χ1n) is 10.2. The summed E-state index contributed by atoms with van der Waals surface area (Å²) in [5.41, 5.74) is 0.476. The number of benzene rings is 3. The molecule has 1 heterocycles. The molecule has 1 amide bonds. The predicted octanol–water partition coefficient (Wildman–Crippen LogP) is 4.94. The molecule has 1 aliphatic rings. The molecule has 0 radical (unpaired) electrons. The second-order valence-electron chi connectivity index (χ2n) is 7.52. The Labute approximate surface area is 191 Å². The van der Waals surface area contributed by atoms with Crippen molar-refractivity contribution in [3.8, 4) is 11.5 Å². The van der Waals surface area contributed by atoms with Gasteiger partial charge in [0.15, 0.2) is 6.10 Å². The maximum atomic E-state index is 12.9. The largest absolute Gasteiger partial charge is 0.497 e. The lowest BCUT2D eigenvalue weighted by molar-refractivity contribution is -0.109. The molecule has 0 spiro atoms. The molecule has 32 heavy (non-hydrogen) atoms. The van der Waals surface area contributed by atoms with Crippen molar-refractivity contribution in [2.24, 2.45) is 0 Å². The third kappa shape index (κ3) is 4.11. The zero-order valence-corrected chi connectivity index (χ0v) is 18.6. The summed E-state index contributed by atoms with van der Waals surface area (Å²) in [6.45, 7) is 0.260. The number of hydrogen-bond acceptors (Lipinski definition) is 5. The summed E-state index contributed by atoms with van der Waals surface area (Å²) in [4.78, 5) is 14.3. The molecule has 4 rings (SSSR count). The standard InChI is InChI=1S/C25H24ClNO5/c1-30-21-11-5-18(6-12-21)23-25(29,19-7-13-22(31-2)14-8-19)27(24(28)32-23)16-15-17-3-9-20(26)10-4-17/h3-14,23,29H,15-16H2,1-2H3/t23-,25-/m1/s1. The van der Waals surface area contributed by atoms with Crippen molar-refractivity contribution in [2.75, 3.05) is 20.8 Å².